The lowest BCUT2D eigenvalue weighted by Crippen LogP contribution is -2.22. The second-order valence-electron chi connectivity index (χ2n) is 6.21. The first-order chi connectivity index (χ1) is 13.5. The van der Waals surface area contributed by atoms with E-state index in [4.69, 9.17) is 30.7 Å². The van der Waals surface area contributed by atoms with Crippen LogP contribution in [0.25, 0.3) is 11.3 Å². The van der Waals surface area contributed by atoms with E-state index >= 15 is 0 Å². The molecule has 146 valence electrons. The molecule has 0 spiro atoms. The van der Waals surface area contributed by atoms with Crippen LogP contribution in [0.3, 0.4) is 0 Å². The lowest BCUT2D eigenvalue weighted by molar-refractivity contribution is -0.144. The summed E-state index contributed by atoms with van der Waals surface area (Å²) >= 11 is 5.89. The summed E-state index contributed by atoms with van der Waals surface area (Å²) in [5.41, 5.74) is 1.73. The van der Waals surface area contributed by atoms with Crippen LogP contribution in [0.15, 0.2) is 59.1 Å². The molecule has 0 aliphatic rings. The molecule has 0 saturated carbocycles. The van der Waals surface area contributed by atoms with Gasteiger partial charge in [-0.1, -0.05) is 28.9 Å². The van der Waals surface area contributed by atoms with Crippen molar-refractivity contribution in [1.29, 1.82) is 0 Å². The zero-order chi connectivity index (χ0) is 19.9. The van der Waals surface area contributed by atoms with E-state index in [1.807, 2.05) is 30.3 Å². The molecule has 3 rings (SSSR count). The van der Waals surface area contributed by atoms with Gasteiger partial charge in [0, 0.05) is 23.1 Å². The van der Waals surface area contributed by atoms with Crippen LogP contribution in [-0.4, -0.2) is 28.9 Å². The number of benzene rings is 2. The van der Waals surface area contributed by atoms with Gasteiger partial charge in [-0.05, 0) is 49.7 Å². The van der Waals surface area contributed by atoms with Crippen LogP contribution >= 0.6 is 11.6 Å². The van der Waals surface area contributed by atoms with Crippen molar-refractivity contribution in [3.8, 4) is 22.8 Å². The molecule has 2 aromatic carbocycles. The monoisotopic (exact) mass is 401 g/mol. The number of halogens is 1. The van der Waals surface area contributed by atoms with Crippen LogP contribution in [0.1, 0.15) is 19.1 Å². The lowest BCUT2D eigenvalue weighted by Gasteiger charge is -2.11. The predicted molar refractivity (Wildman–Crippen MR) is 105 cm³/mol. The van der Waals surface area contributed by atoms with Crippen molar-refractivity contribution in [2.75, 3.05) is 6.61 Å². The van der Waals surface area contributed by atoms with E-state index in [9.17, 15) is 4.79 Å². The number of carboxylic acids is 1. The summed E-state index contributed by atoms with van der Waals surface area (Å²) in [5.74, 6) is 0.959. The molecule has 6 nitrogen and oxygen atoms in total. The highest BCUT2D eigenvalue weighted by Crippen LogP contribution is 2.22. The van der Waals surface area contributed by atoms with Gasteiger partial charge in [-0.3, -0.25) is 0 Å². The third kappa shape index (κ3) is 5.50. The molecule has 1 aromatic heterocycles. The summed E-state index contributed by atoms with van der Waals surface area (Å²) in [4.78, 5) is 10.8. The molecule has 0 amide bonds. The minimum absolute atomic E-state index is 0.485. The number of aryl methyl sites for hydroxylation is 1. The van der Waals surface area contributed by atoms with E-state index in [2.05, 4.69) is 5.16 Å². The number of carboxylic acid groups (broad SMARTS) is 1. The van der Waals surface area contributed by atoms with Crippen molar-refractivity contribution in [3.05, 3.63) is 65.4 Å². The van der Waals surface area contributed by atoms with Gasteiger partial charge in [0.2, 0.25) is 0 Å². The van der Waals surface area contributed by atoms with Crippen LogP contribution in [0.4, 0.5) is 0 Å². The van der Waals surface area contributed by atoms with Gasteiger partial charge in [0.05, 0.1) is 6.61 Å². The zero-order valence-electron chi connectivity index (χ0n) is 15.3. The molecular formula is C21H20ClNO5. The van der Waals surface area contributed by atoms with Crippen LogP contribution < -0.4 is 9.47 Å². The maximum atomic E-state index is 10.8. The molecule has 7 heteroatoms. The van der Waals surface area contributed by atoms with Gasteiger partial charge in [-0.15, -0.1) is 0 Å². The van der Waals surface area contributed by atoms with E-state index in [1.54, 1.807) is 24.3 Å². The highest BCUT2D eigenvalue weighted by Gasteiger charge is 2.12. The maximum absolute atomic E-state index is 10.8. The largest absolute Gasteiger partial charge is 0.494 e. The molecule has 0 aliphatic carbocycles. The molecule has 0 saturated heterocycles. The summed E-state index contributed by atoms with van der Waals surface area (Å²) in [6, 6.07) is 16.2. The van der Waals surface area contributed by atoms with Crippen LogP contribution in [0.5, 0.6) is 11.5 Å². The lowest BCUT2D eigenvalue weighted by atomic mass is 10.1. The maximum Gasteiger partial charge on any atom is 0.344 e. The number of aromatic nitrogens is 1. The van der Waals surface area contributed by atoms with E-state index in [-0.39, 0.29) is 0 Å². The molecule has 0 radical (unpaired) electrons. The Bertz CT molecular complexity index is 905. The van der Waals surface area contributed by atoms with Gasteiger partial charge in [-0.25, -0.2) is 4.79 Å². The van der Waals surface area contributed by atoms with Gasteiger partial charge in [-0.2, -0.15) is 0 Å². The number of hydrogen-bond donors (Lipinski definition) is 1. The molecule has 3 aromatic rings. The first-order valence-corrected chi connectivity index (χ1v) is 9.23. The molecule has 1 unspecified atom stereocenters. The van der Waals surface area contributed by atoms with Crippen molar-refractivity contribution < 1.29 is 23.9 Å². The fourth-order valence-electron chi connectivity index (χ4n) is 2.49. The molecule has 1 heterocycles. The van der Waals surface area contributed by atoms with E-state index < -0.39 is 12.1 Å². The Morgan fingerprint density at radius 1 is 1.14 bits per heavy atom. The Morgan fingerprint density at radius 3 is 2.50 bits per heavy atom. The second kappa shape index (κ2) is 9.28. The molecule has 0 aliphatic heterocycles. The Hall–Kier alpha value is -2.99. The SMILES string of the molecule is CC(Oc1ccc(OCCCc2cc(-c3ccc(Cl)cc3)no2)cc1)C(=O)O. The molecule has 1 N–H and O–H groups in total. The van der Waals surface area contributed by atoms with Crippen molar-refractivity contribution in [3.63, 3.8) is 0 Å². The van der Waals surface area contributed by atoms with E-state index in [0.29, 0.717) is 29.5 Å². The summed E-state index contributed by atoms with van der Waals surface area (Å²) in [7, 11) is 0. The predicted octanol–water partition coefficient (Wildman–Crippen LogP) is 4.86. The molecule has 0 bridgehead atoms. The fourth-order valence-corrected chi connectivity index (χ4v) is 2.62. The summed E-state index contributed by atoms with van der Waals surface area (Å²) in [6.07, 6.45) is 0.577. The number of rotatable bonds is 9. The topological polar surface area (TPSA) is 81.8 Å². The Balaban J connectivity index is 1.43. The summed E-state index contributed by atoms with van der Waals surface area (Å²) < 4.78 is 16.3. The van der Waals surface area contributed by atoms with Crippen molar-refractivity contribution in [2.45, 2.75) is 25.9 Å². The third-order valence-corrected chi connectivity index (χ3v) is 4.27. The second-order valence-corrected chi connectivity index (χ2v) is 6.64. The van der Waals surface area contributed by atoms with Gasteiger partial charge in [0.15, 0.2) is 6.10 Å². The van der Waals surface area contributed by atoms with Gasteiger partial charge >= 0.3 is 5.97 Å². The number of ether oxygens (including phenoxy) is 2. The number of carbonyl (C=O) groups is 1. The Labute approximate surface area is 167 Å². The van der Waals surface area contributed by atoms with Gasteiger partial charge in [0.25, 0.3) is 0 Å². The normalized spacial score (nSPS) is 11.8. The number of aliphatic carboxylic acids is 1. The zero-order valence-corrected chi connectivity index (χ0v) is 16.1. The van der Waals surface area contributed by atoms with Crippen LogP contribution in [-0.2, 0) is 11.2 Å². The first kappa shape index (κ1) is 19.8. The van der Waals surface area contributed by atoms with Crippen molar-refractivity contribution in [2.24, 2.45) is 0 Å². The minimum atomic E-state index is -1.01. The quantitative estimate of drug-likeness (QED) is 0.516. The Kier molecular flexibility index (Phi) is 6.55. The number of hydrogen-bond acceptors (Lipinski definition) is 5. The van der Waals surface area contributed by atoms with Crippen molar-refractivity contribution in [1.82, 2.24) is 5.16 Å². The highest BCUT2D eigenvalue weighted by molar-refractivity contribution is 6.30. The van der Waals surface area contributed by atoms with Crippen LogP contribution in [0, 0.1) is 0 Å². The van der Waals surface area contributed by atoms with Gasteiger partial charge in [0.1, 0.15) is 23.0 Å². The number of nitrogens with zero attached hydrogens (tertiary/aromatic N) is 1. The van der Waals surface area contributed by atoms with Gasteiger partial charge < -0.3 is 19.1 Å². The standard InChI is InChI=1S/C21H20ClNO5/c1-14(21(24)25)27-18-10-8-17(9-11-18)26-12-2-3-19-13-20(23-28-19)15-4-6-16(22)7-5-15/h4-11,13-14H,2-3,12H2,1H3,(H,24,25). The minimum Gasteiger partial charge on any atom is -0.494 e. The average Bonchev–Trinajstić information content (AvgIpc) is 3.16. The van der Waals surface area contributed by atoms with E-state index in [1.165, 1.54) is 6.92 Å². The summed E-state index contributed by atoms with van der Waals surface area (Å²) in [6.45, 7) is 2.00. The van der Waals surface area contributed by atoms with E-state index in [0.717, 1.165) is 23.4 Å². The van der Waals surface area contributed by atoms with Crippen molar-refractivity contribution >= 4 is 17.6 Å². The molecule has 0 fully saturated rings. The average molecular weight is 402 g/mol. The Morgan fingerprint density at radius 2 is 1.82 bits per heavy atom. The molecule has 1 atom stereocenters. The first-order valence-electron chi connectivity index (χ1n) is 8.85. The fraction of sp³-hybridized carbons (Fsp3) is 0.238. The molecule has 28 heavy (non-hydrogen) atoms. The third-order valence-electron chi connectivity index (χ3n) is 4.02. The smallest absolute Gasteiger partial charge is 0.344 e. The molecular weight excluding hydrogens is 382 g/mol. The van der Waals surface area contributed by atoms with Crippen LogP contribution in [0.2, 0.25) is 5.02 Å². The highest BCUT2D eigenvalue weighted by atomic mass is 35.5. The summed E-state index contributed by atoms with van der Waals surface area (Å²) in [5, 5.41) is 13.6.